The van der Waals surface area contributed by atoms with Crippen molar-refractivity contribution in [3.63, 3.8) is 0 Å². The van der Waals surface area contributed by atoms with E-state index in [0.29, 0.717) is 14.6 Å². The number of nitrogen functional groups attached to an aromatic ring is 1. The van der Waals surface area contributed by atoms with Crippen molar-refractivity contribution >= 4 is 81.2 Å². The van der Waals surface area contributed by atoms with E-state index in [1.165, 1.54) is 12.1 Å². The number of nitro benzene ring substituents is 1. The van der Waals surface area contributed by atoms with Gasteiger partial charge in [0, 0.05) is 21.1 Å². The molecule has 5 nitrogen and oxygen atoms in total. The van der Waals surface area contributed by atoms with Gasteiger partial charge in [-0.3, -0.25) is 10.1 Å². The molecule has 2 N–H and O–H groups in total. The first-order chi connectivity index (χ1) is 9.82. The Hall–Kier alpha value is -0.640. The number of anilines is 2. The standard InChI is InChI=1S/C6H4Br2N2O2.C6H5Br2N/c7-4-1-3(10(11)12)2-5(8)6(4)9;7-9(8)6-4-2-1-3-5-6/h1-2H,9H2;1-5H. The molecule has 9 heteroatoms. The summed E-state index contributed by atoms with van der Waals surface area (Å²) in [5.41, 5.74) is 7.08. The molecule has 21 heavy (non-hydrogen) atoms. The average Bonchev–Trinajstić information content (AvgIpc) is 2.45. The summed E-state index contributed by atoms with van der Waals surface area (Å²) >= 11 is 12.7. The number of nitrogens with two attached hydrogens (primary N) is 1. The molecule has 0 saturated heterocycles. The van der Waals surface area contributed by atoms with Crippen molar-refractivity contribution in [2.24, 2.45) is 0 Å². The number of para-hydroxylation sites is 1. The summed E-state index contributed by atoms with van der Waals surface area (Å²) in [5.74, 6) is 0. The molecule has 0 radical (unpaired) electrons. The fourth-order valence-electron chi connectivity index (χ4n) is 1.22. The van der Waals surface area contributed by atoms with Crippen molar-refractivity contribution in [2.45, 2.75) is 0 Å². The van der Waals surface area contributed by atoms with Gasteiger partial charge >= 0.3 is 0 Å². The summed E-state index contributed by atoms with van der Waals surface area (Å²) < 4.78 is 2.74. The Morgan fingerprint density at radius 1 is 1.05 bits per heavy atom. The van der Waals surface area contributed by atoms with Gasteiger partial charge in [-0.05, 0) is 44.0 Å². The molecule has 0 spiro atoms. The van der Waals surface area contributed by atoms with Crippen molar-refractivity contribution < 1.29 is 4.92 Å². The lowest BCUT2D eigenvalue weighted by molar-refractivity contribution is -0.385. The number of hydrogen-bond acceptors (Lipinski definition) is 4. The Bertz CT molecular complexity index is 600. The van der Waals surface area contributed by atoms with Crippen LogP contribution in [0.4, 0.5) is 17.1 Å². The molecule has 0 aliphatic rings. The van der Waals surface area contributed by atoms with Gasteiger partial charge in [-0.1, -0.05) is 18.2 Å². The van der Waals surface area contributed by atoms with Crippen molar-refractivity contribution in [1.29, 1.82) is 0 Å². The zero-order chi connectivity index (χ0) is 16.0. The van der Waals surface area contributed by atoms with Crippen LogP contribution in [0.1, 0.15) is 0 Å². The Labute approximate surface area is 155 Å². The highest BCUT2D eigenvalue weighted by Crippen LogP contribution is 2.32. The molecule has 0 aromatic heterocycles. The van der Waals surface area contributed by atoms with Gasteiger partial charge < -0.3 is 5.73 Å². The van der Waals surface area contributed by atoms with E-state index in [0.717, 1.165) is 5.69 Å². The van der Waals surface area contributed by atoms with Gasteiger partial charge in [-0.15, -0.1) is 0 Å². The number of nitrogens with zero attached hydrogens (tertiary/aromatic N) is 2. The smallest absolute Gasteiger partial charge is 0.271 e. The first-order valence-electron chi connectivity index (χ1n) is 5.38. The first-order valence-corrected chi connectivity index (χ1v) is 8.39. The number of benzene rings is 2. The van der Waals surface area contributed by atoms with Crippen LogP contribution in [-0.4, -0.2) is 4.92 Å². The van der Waals surface area contributed by atoms with Crippen LogP contribution in [0, 0.1) is 10.1 Å². The van der Waals surface area contributed by atoms with Gasteiger partial charge in [-0.2, -0.15) is 0 Å². The van der Waals surface area contributed by atoms with Crippen LogP contribution in [0.3, 0.4) is 0 Å². The number of nitro groups is 1. The maximum Gasteiger partial charge on any atom is 0.271 e. The lowest BCUT2D eigenvalue weighted by atomic mass is 10.3. The molecule has 0 heterocycles. The first kappa shape index (κ1) is 18.4. The van der Waals surface area contributed by atoms with Gasteiger partial charge in [0.15, 0.2) is 0 Å². The molecular formula is C12H9Br4N3O2. The van der Waals surface area contributed by atoms with Crippen LogP contribution >= 0.6 is 64.2 Å². The molecular weight excluding hydrogens is 538 g/mol. The number of hydrogen-bond donors (Lipinski definition) is 1. The maximum absolute atomic E-state index is 10.3. The highest BCUT2D eigenvalue weighted by Gasteiger charge is 2.11. The van der Waals surface area contributed by atoms with Crippen LogP contribution < -0.4 is 8.69 Å². The molecule has 0 aliphatic heterocycles. The SMILES string of the molecule is BrN(Br)c1ccccc1.Nc1c(Br)cc([N+](=O)[O-])cc1Br. The molecule has 0 unspecified atom stereocenters. The van der Waals surface area contributed by atoms with Crippen molar-refractivity contribution in [3.05, 3.63) is 61.5 Å². The molecule has 2 aromatic rings. The van der Waals surface area contributed by atoms with Gasteiger partial charge in [0.2, 0.25) is 0 Å². The zero-order valence-corrected chi connectivity index (χ0v) is 16.7. The summed E-state index contributed by atoms with van der Waals surface area (Å²) in [6.07, 6.45) is 0. The van der Waals surface area contributed by atoms with Crippen LogP contribution in [-0.2, 0) is 0 Å². The van der Waals surface area contributed by atoms with E-state index in [4.69, 9.17) is 5.73 Å². The summed E-state index contributed by atoms with van der Waals surface area (Å²) in [6, 6.07) is 12.6. The Kier molecular flexibility index (Phi) is 7.64. The quantitative estimate of drug-likeness (QED) is 0.223. The maximum atomic E-state index is 10.3. The Morgan fingerprint density at radius 3 is 1.86 bits per heavy atom. The Balaban J connectivity index is 0.000000219. The summed E-state index contributed by atoms with van der Waals surface area (Å²) in [5, 5.41) is 10.3. The predicted octanol–water partition coefficient (Wildman–Crippen LogP) is 5.81. The van der Waals surface area contributed by atoms with E-state index in [1.807, 2.05) is 30.3 Å². The lowest BCUT2D eigenvalue weighted by Gasteiger charge is -2.03. The second kappa shape index (κ2) is 8.72. The normalized spacial score (nSPS) is 9.52. The van der Waals surface area contributed by atoms with E-state index in [1.54, 1.807) is 2.95 Å². The van der Waals surface area contributed by atoms with E-state index in [2.05, 4.69) is 64.2 Å². The van der Waals surface area contributed by atoms with E-state index >= 15 is 0 Å². The third kappa shape index (κ3) is 5.93. The third-order valence-corrected chi connectivity index (χ3v) is 4.36. The van der Waals surface area contributed by atoms with Crippen molar-refractivity contribution in [3.8, 4) is 0 Å². The number of non-ortho nitro benzene ring substituents is 1. The van der Waals surface area contributed by atoms with Gasteiger partial charge in [-0.25, -0.2) is 2.95 Å². The van der Waals surface area contributed by atoms with Crippen molar-refractivity contribution in [1.82, 2.24) is 0 Å². The molecule has 0 saturated carbocycles. The molecule has 112 valence electrons. The molecule has 0 bridgehead atoms. The van der Waals surface area contributed by atoms with Crippen LogP contribution in [0.2, 0.25) is 0 Å². The van der Waals surface area contributed by atoms with Crippen molar-refractivity contribution in [2.75, 3.05) is 8.69 Å². The minimum Gasteiger partial charge on any atom is -0.397 e. The van der Waals surface area contributed by atoms with Crippen LogP contribution in [0.25, 0.3) is 0 Å². The molecule has 0 atom stereocenters. The molecule has 0 fully saturated rings. The highest BCUT2D eigenvalue weighted by molar-refractivity contribution is 9.25. The van der Waals surface area contributed by atoms with Crippen LogP contribution in [0.5, 0.6) is 0 Å². The second-order valence-corrected chi connectivity index (χ2v) is 7.73. The summed E-state index contributed by atoms with van der Waals surface area (Å²) in [6.45, 7) is 0. The fourth-order valence-corrected chi connectivity index (χ4v) is 2.85. The largest absolute Gasteiger partial charge is 0.397 e. The van der Waals surface area contributed by atoms with Crippen LogP contribution in [0.15, 0.2) is 51.4 Å². The van der Waals surface area contributed by atoms with Gasteiger partial charge in [0.05, 0.1) is 48.6 Å². The number of rotatable bonds is 2. The average molecular weight is 547 g/mol. The van der Waals surface area contributed by atoms with Gasteiger partial charge in [0.1, 0.15) is 0 Å². The van der Waals surface area contributed by atoms with Gasteiger partial charge in [0.25, 0.3) is 5.69 Å². The Morgan fingerprint density at radius 2 is 1.52 bits per heavy atom. The topological polar surface area (TPSA) is 72.4 Å². The lowest BCUT2D eigenvalue weighted by Crippen LogP contribution is -1.92. The summed E-state index contributed by atoms with van der Waals surface area (Å²) in [7, 11) is 0. The molecule has 2 aromatic carbocycles. The monoisotopic (exact) mass is 543 g/mol. The van der Waals surface area contributed by atoms with E-state index in [9.17, 15) is 10.1 Å². The van der Waals surface area contributed by atoms with E-state index < -0.39 is 4.92 Å². The molecule has 0 aliphatic carbocycles. The fraction of sp³-hybridized carbons (Fsp3) is 0. The van der Waals surface area contributed by atoms with E-state index in [-0.39, 0.29) is 5.69 Å². The minimum atomic E-state index is -0.477. The predicted molar refractivity (Wildman–Crippen MR) is 99.7 cm³/mol. The summed E-state index contributed by atoms with van der Waals surface area (Å²) in [4.78, 5) is 9.86. The molecule has 2 rings (SSSR count). The zero-order valence-electron chi connectivity index (χ0n) is 10.3. The third-order valence-electron chi connectivity index (χ3n) is 2.23. The highest BCUT2D eigenvalue weighted by atomic mass is 79.9. The second-order valence-electron chi connectivity index (χ2n) is 3.65. The number of halogens is 4. The molecule has 0 amide bonds. The minimum absolute atomic E-state index is 0.00273.